The summed E-state index contributed by atoms with van der Waals surface area (Å²) in [6.07, 6.45) is 0.628. The van der Waals surface area contributed by atoms with Crippen molar-refractivity contribution in [3.05, 3.63) is 18.2 Å². The van der Waals surface area contributed by atoms with Gasteiger partial charge in [0, 0.05) is 12.6 Å². The lowest BCUT2D eigenvalue weighted by Crippen LogP contribution is -2.25. The van der Waals surface area contributed by atoms with Gasteiger partial charge in [-0.25, -0.2) is 0 Å². The van der Waals surface area contributed by atoms with Crippen LogP contribution in [-0.4, -0.2) is 32.2 Å². The van der Waals surface area contributed by atoms with Crippen molar-refractivity contribution in [2.45, 2.75) is 19.6 Å². The van der Waals surface area contributed by atoms with Gasteiger partial charge in [-0.3, -0.25) is 4.79 Å². The number of nitrogens with one attached hydrogen (secondary N) is 2. The molecule has 1 aromatic rings. The number of amides is 1. The van der Waals surface area contributed by atoms with E-state index < -0.39 is 19.0 Å². The third-order valence-electron chi connectivity index (χ3n) is 3.08. The number of alkyl halides is 4. The molecule has 23 heavy (non-hydrogen) atoms. The van der Waals surface area contributed by atoms with Gasteiger partial charge in [-0.2, -0.15) is 17.6 Å². The van der Waals surface area contributed by atoms with E-state index in [2.05, 4.69) is 20.1 Å². The first-order valence-electron chi connectivity index (χ1n) is 6.51. The summed E-state index contributed by atoms with van der Waals surface area (Å²) in [7, 11) is 0. The van der Waals surface area contributed by atoms with Crippen LogP contribution in [0.5, 0.6) is 11.5 Å². The first-order chi connectivity index (χ1) is 10.5. The van der Waals surface area contributed by atoms with E-state index in [1.807, 2.05) is 0 Å². The normalized spacial score (nSPS) is 17.0. The Kier molecular flexibility index (Phi) is 7.37. The molecule has 0 aliphatic carbocycles. The minimum Gasteiger partial charge on any atom is -0.435 e. The van der Waals surface area contributed by atoms with E-state index in [-0.39, 0.29) is 35.7 Å². The minimum absolute atomic E-state index is 0. The van der Waals surface area contributed by atoms with Crippen molar-refractivity contribution < 1.29 is 31.8 Å². The van der Waals surface area contributed by atoms with Crippen molar-refractivity contribution in [3.63, 3.8) is 0 Å². The highest BCUT2D eigenvalue weighted by atomic mass is 35.5. The van der Waals surface area contributed by atoms with Crippen LogP contribution < -0.4 is 20.1 Å². The number of halogens is 5. The average Bonchev–Trinajstić information content (AvgIpc) is 2.94. The van der Waals surface area contributed by atoms with Gasteiger partial charge in [0.15, 0.2) is 5.75 Å². The summed E-state index contributed by atoms with van der Waals surface area (Å²) in [5, 5.41) is 5.46. The van der Waals surface area contributed by atoms with Crippen molar-refractivity contribution in [3.8, 4) is 11.5 Å². The molecule has 10 heteroatoms. The molecule has 1 amide bonds. The molecule has 1 unspecified atom stereocenters. The van der Waals surface area contributed by atoms with Gasteiger partial charge in [-0.1, -0.05) is 0 Å². The molecule has 5 nitrogen and oxygen atoms in total. The van der Waals surface area contributed by atoms with E-state index in [4.69, 9.17) is 0 Å². The molecule has 130 valence electrons. The van der Waals surface area contributed by atoms with Gasteiger partial charge in [-0.15, -0.1) is 12.4 Å². The molecule has 2 rings (SSSR count). The molecule has 1 fully saturated rings. The predicted octanol–water partition coefficient (Wildman–Crippen LogP) is 2.86. The van der Waals surface area contributed by atoms with Crippen LogP contribution in [0.1, 0.15) is 6.42 Å². The number of benzene rings is 1. The fourth-order valence-corrected chi connectivity index (χ4v) is 2.09. The molecule has 0 saturated carbocycles. The molecule has 0 aromatic heterocycles. The Morgan fingerprint density at radius 1 is 1.22 bits per heavy atom. The van der Waals surface area contributed by atoms with Gasteiger partial charge in [0.25, 0.3) is 0 Å². The predicted molar refractivity (Wildman–Crippen MR) is 76.6 cm³/mol. The van der Waals surface area contributed by atoms with Crippen LogP contribution in [0.15, 0.2) is 18.2 Å². The maximum atomic E-state index is 12.4. The molecule has 1 aromatic carbocycles. The zero-order valence-electron chi connectivity index (χ0n) is 11.7. The topological polar surface area (TPSA) is 59.6 Å². The van der Waals surface area contributed by atoms with E-state index in [0.29, 0.717) is 19.5 Å². The van der Waals surface area contributed by atoms with Crippen molar-refractivity contribution in [1.82, 2.24) is 5.32 Å². The van der Waals surface area contributed by atoms with Crippen LogP contribution in [0.2, 0.25) is 0 Å². The zero-order chi connectivity index (χ0) is 16.1. The van der Waals surface area contributed by atoms with Crippen LogP contribution in [0, 0.1) is 5.92 Å². The van der Waals surface area contributed by atoms with Crippen molar-refractivity contribution >= 4 is 24.0 Å². The van der Waals surface area contributed by atoms with Crippen LogP contribution >= 0.6 is 12.4 Å². The van der Waals surface area contributed by atoms with Gasteiger partial charge in [0.05, 0.1) is 11.6 Å². The van der Waals surface area contributed by atoms with E-state index in [1.54, 1.807) is 0 Å². The highest BCUT2D eigenvalue weighted by Crippen LogP contribution is 2.32. The first kappa shape index (κ1) is 19.3. The Bertz CT molecular complexity index is 528. The van der Waals surface area contributed by atoms with E-state index in [9.17, 15) is 22.4 Å². The fourth-order valence-electron chi connectivity index (χ4n) is 2.09. The van der Waals surface area contributed by atoms with Gasteiger partial charge < -0.3 is 20.1 Å². The third-order valence-corrected chi connectivity index (χ3v) is 3.08. The van der Waals surface area contributed by atoms with Crippen LogP contribution in [0.25, 0.3) is 0 Å². The van der Waals surface area contributed by atoms with E-state index in [1.165, 1.54) is 6.07 Å². The summed E-state index contributed by atoms with van der Waals surface area (Å²) < 4.78 is 57.4. The molecule has 2 N–H and O–H groups in total. The SMILES string of the molecule is Cl.O=C(Nc1ccc(OC(F)F)cc1OC(F)F)C1CCNC1. The zero-order valence-corrected chi connectivity index (χ0v) is 12.5. The highest BCUT2D eigenvalue weighted by Gasteiger charge is 2.24. The molecule has 1 saturated heterocycles. The lowest BCUT2D eigenvalue weighted by Gasteiger charge is -2.15. The number of rotatable bonds is 6. The second kappa shape index (κ2) is 8.78. The van der Waals surface area contributed by atoms with Gasteiger partial charge in [0.2, 0.25) is 5.91 Å². The Hall–Kier alpha value is -1.74. The fraction of sp³-hybridized carbons (Fsp3) is 0.462. The number of carbonyl (C=O) groups excluding carboxylic acids is 1. The number of ether oxygens (including phenoxy) is 2. The summed E-state index contributed by atoms with van der Waals surface area (Å²) in [5.41, 5.74) is -0.0289. The van der Waals surface area contributed by atoms with Gasteiger partial charge in [-0.05, 0) is 25.1 Å². The van der Waals surface area contributed by atoms with Crippen LogP contribution in [0.3, 0.4) is 0 Å². The molecule has 0 radical (unpaired) electrons. The molecule has 1 aliphatic heterocycles. The first-order valence-corrected chi connectivity index (χ1v) is 6.51. The standard InChI is InChI=1S/C13H14F4N2O3.ClH/c14-12(15)21-8-1-2-9(10(5-8)22-13(16)17)19-11(20)7-3-4-18-6-7;/h1-2,5,7,12-13,18H,3-4,6H2,(H,19,20);1H. The average molecular weight is 359 g/mol. The van der Waals surface area contributed by atoms with E-state index in [0.717, 1.165) is 12.1 Å². The molecule has 0 spiro atoms. The van der Waals surface area contributed by atoms with Crippen LogP contribution in [0.4, 0.5) is 23.2 Å². The Balaban J connectivity index is 0.00000264. The summed E-state index contributed by atoms with van der Waals surface area (Å²) in [4.78, 5) is 12.0. The Morgan fingerprint density at radius 2 is 1.91 bits per heavy atom. The molecular weight excluding hydrogens is 344 g/mol. The minimum atomic E-state index is -3.16. The second-order valence-electron chi connectivity index (χ2n) is 4.59. The smallest absolute Gasteiger partial charge is 0.387 e. The summed E-state index contributed by atoms with van der Waals surface area (Å²) >= 11 is 0. The van der Waals surface area contributed by atoms with Crippen molar-refractivity contribution in [2.75, 3.05) is 18.4 Å². The second-order valence-corrected chi connectivity index (χ2v) is 4.59. The number of carbonyl (C=O) groups is 1. The molecular formula is C13H15ClF4N2O3. The number of anilines is 1. The lowest BCUT2D eigenvalue weighted by atomic mass is 10.1. The molecule has 0 bridgehead atoms. The van der Waals surface area contributed by atoms with Gasteiger partial charge in [0.1, 0.15) is 5.75 Å². The lowest BCUT2D eigenvalue weighted by molar-refractivity contribution is -0.119. The largest absolute Gasteiger partial charge is 0.435 e. The third kappa shape index (κ3) is 5.76. The Labute approximate surface area is 135 Å². The van der Waals surface area contributed by atoms with Crippen LogP contribution in [-0.2, 0) is 4.79 Å². The maximum absolute atomic E-state index is 12.4. The summed E-state index contributed by atoms with van der Waals surface area (Å²) in [5.74, 6) is -1.42. The number of hydrogen-bond donors (Lipinski definition) is 2. The number of hydrogen-bond acceptors (Lipinski definition) is 4. The summed E-state index contributed by atoms with van der Waals surface area (Å²) in [6.45, 7) is -5.07. The molecule has 1 atom stereocenters. The molecule has 1 aliphatic rings. The quantitative estimate of drug-likeness (QED) is 0.768. The van der Waals surface area contributed by atoms with Crippen molar-refractivity contribution in [1.29, 1.82) is 0 Å². The molecule has 1 heterocycles. The van der Waals surface area contributed by atoms with Gasteiger partial charge >= 0.3 is 13.2 Å². The maximum Gasteiger partial charge on any atom is 0.387 e. The highest BCUT2D eigenvalue weighted by molar-refractivity contribution is 5.94. The monoisotopic (exact) mass is 358 g/mol. The summed E-state index contributed by atoms with van der Waals surface area (Å²) in [6, 6.07) is 3.18. The van der Waals surface area contributed by atoms with E-state index >= 15 is 0 Å². The van der Waals surface area contributed by atoms with Crippen molar-refractivity contribution in [2.24, 2.45) is 5.92 Å². The Morgan fingerprint density at radius 3 is 2.48 bits per heavy atom.